The molecule has 0 aromatic carbocycles. The van der Waals surface area contributed by atoms with Crippen LogP contribution in [-0.4, -0.2) is 22.0 Å². The lowest BCUT2D eigenvalue weighted by atomic mass is 10.2. The first-order valence-electron chi connectivity index (χ1n) is 5.02. The minimum Gasteiger partial charge on any atom is -0.374 e. The summed E-state index contributed by atoms with van der Waals surface area (Å²) in [6, 6.07) is 1.90. The Labute approximate surface area is 90.6 Å². The molecular weight excluding hydrogens is 192 g/mol. The number of rotatable bonds is 4. The van der Waals surface area contributed by atoms with Gasteiger partial charge in [-0.2, -0.15) is 5.10 Å². The van der Waals surface area contributed by atoms with Crippen LogP contribution >= 0.6 is 0 Å². The molecule has 0 spiro atoms. The molecule has 1 heterocycles. The molecule has 15 heavy (non-hydrogen) atoms. The molecule has 0 aliphatic heterocycles. The Hall–Kier alpha value is -0.910. The second-order valence-corrected chi connectivity index (χ2v) is 4.52. The lowest BCUT2D eigenvalue weighted by Crippen LogP contribution is -2.35. The van der Waals surface area contributed by atoms with E-state index in [4.69, 9.17) is 10.6 Å². The van der Waals surface area contributed by atoms with Gasteiger partial charge in [0.2, 0.25) is 0 Å². The van der Waals surface area contributed by atoms with Crippen molar-refractivity contribution in [1.82, 2.24) is 15.2 Å². The van der Waals surface area contributed by atoms with Gasteiger partial charge in [0.25, 0.3) is 0 Å². The van der Waals surface area contributed by atoms with Crippen LogP contribution in [-0.2, 0) is 11.8 Å². The van der Waals surface area contributed by atoms with Crippen molar-refractivity contribution in [3.8, 4) is 0 Å². The highest BCUT2D eigenvalue weighted by molar-refractivity contribution is 5.06. The molecule has 5 nitrogen and oxygen atoms in total. The Balaban J connectivity index is 2.61. The highest BCUT2D eigenvalue weighted by Crippen LogP contribution is 2.15. The van der Waals surface area contributed by atoms with E-state index in [1.165, 1.54) is 0 Å². The number of aryl methyl sites for hydroxylation is 1. The fraction of sp³-hybridized carbons (Fsp3) is 0.700. The molecule has 1 unspecified atom stereocenters. The quantitative estimate of drug-likeness (QED) is 0.570. The Morgan fingerprint density at radius 2 is 2.27 bits per heavy atom. The van der Waals surface area contributed by atoms with E-state index >= 15 is 0 Å². The maximum atomic E-state index is 5.68. The first kappa shape index (κ1) is 12.2. The Morgan fingerprint density at radius 3 is 2.67 bits per heavy atom. The zero-order valence-corrected chi connectivity index (χ0v) is 9.82. The largest absolute Gasteiger partial charge is 0.374 e. The number of nitrogens with one attached hydrogen (secondary N) is 1. The van der Waals surface area contributed by atoms with Crippen LogP contribution in [0, 0.1) is 0 Å². The number of nitrogens with two attached hydrogens (primary N) is 1. The van der Waals surface area contributed by atoms with Crippen molar-refractivity contribution in [2.45, 2.75) is 32.4 Å². The summed E-state index contributed by atoms with van der Waals surface area (Å²) >= 11 is 0. The molecule has 0 saturated heterocycles. The van der Waals surface area contributed by atoms with Crippen LogP contribution in [0.25, 0.3) is 0 Å². The highest BCUT2D eigenvalue weighted by Gasteiger charge is 2.17. The summed E-state index contributed by atoms with van der Waals surface area (Å²) in [6.07, 6.45) is 1.75. The smallest absolute Gasteiger partial charge is 0.0862 e. The molecule has 0 bridgehead atoms. The van der Waals surface area contributed by atoms with Crippen LogP contribution in [0.2, 0.25) is 0 Å². The van der Waals surface area contributed by atoms with Crippen molar-refractivity contribution in [2.75, 3.05) is 6.61 Å². The first-order chi connectivity index (χ1) is 6.94. The molecule has 0 aliphatic rings. The third kappa shape index (κ3) is 3.62. The van der Waals surface area contributed by atoms with Gasteiger partial charge in [0.05, 0.1) is 23.9 Å². The third-order valence-electron chi connectivity index (χ3n) is 2.10. The zero-order valence-electron chi connectivity index (χ0n) is 9.82. The molecule has 0 amide bonds. The van der Waals surface area contributed by atoms with E-state index in [1.807, 2.05) is 33.9 Å². The van der Waals surface area contributed by atoms with Crippen LogP contribution in [0.15, 0.2) is 12.3 Å². The van der Waals surface area contributed by atoms with Gasteiger partial charge in [-0.3, -0.25) is 10.5 Å². The maximum Gasteiger partial charge on any atom is 0.0862 e. The van der Waals surface area contributed by atoms with Crippen LogP contribution in [0.1, 0.15) is 32.5 Å². The molecule has 3 N–H and O–H groups in total. The number of hydrogen-bond donors (Lipinski definition) is 2. The monoisotopic (exact) mass is 212 g/mol. The molecule has 1 aromatic rings. The second kappa shape index (κ2) is 4.74. The Morgan fingerprint density at radius 1 is 1.60 bits per heavy atom. The summed E-state index contributed by atoms with van der Waals surface area (Å²) in [5.74, 6) is 5.49. The predicted octanol–water partition coefficient (Wildman–Crippen LogP) is 0.740. The van der Waals surface area contributed by atoms with Crippen LogP contribution in [0.3, 0.4) is 0 Å². The summed E-state index contributed by atoms with van der Waals surface area (Å²) in [6.45, 7) is 6.58. The zero-order chi connectivity index (χ0) is 11.5. The van der Waals surface area contributed by atoms with Gasteiger partial charge in [-0.05, 0) is 26.8 Å². The molecule has 5 heteroatoms. The van der Waals surface area contributed by atoms with Gasteiger partial charge in [0.1, 0.15) is 0 Å². The van der Waals surface area contributed by atoms with Gasteiger partial charge < -0.3 is 4.74 Å². The summed E-state index contributed by atoms with van der Waals surface area (Å²) in [5.41, 5.74) is 3.59. The molecule has 0 saturated carbocycles. The average molecular weight is 212 g/mol. The van der Waals surface area contributed by atoms with Gasteiger partial charge in [0, 0.05) is 13.2 Å². The van der Waals surface area contributed by atoms with E-state index in [0.717, 1.165) is 5.69 Å². The molecule has 0 fully saturated rings. The molecule has 0 radical (unpaired) electrons. The molecule has 1 rings (SSSR count). The average Bonchev–Trinajstić information content (AvgIpc) is 2.52. The molecule has 86 valence electrons. The van der Waals surface area contributed by atoms with Crippen molar-refractivity contribution in [3.63, 3.8) is 0 Å². The van der Waals surface area contributed by atoms with Gasteiger partial charge in [-0.1, -0.05) is 0 Å². The van der Waals surface area contributed by atoms with Gasteiger partial charge >= 0.3 is 0 Å². The standard InChI is InChI=1S/C10H20N4O/c1-10(2,3)15-7-8(13-11)9-5-6-12-14(9)4/h5-6,8,13H,7,11H2,1-4H3. The second-order valence-electron chi connectivity index (χ2n) is 4.52. The van der Waals surface area contributed by atoms with E-state index in [1.54, 1.807) is 10.9 Å². The number of hydrazine groups is 1. The number of ether oxygens (including phenoxy) is 1. The molecule has 1 atom stereocenters. The molecular formula is C10H20N4O. The van der Waals surface area contributed by atoms with E-state index in [9.17, 15) is 0 Å². The maximum absolute atomic E-state index is 5.68. The van der Waals surface area contributed by atoms with Crippen molar-refractivity contribution in [3.05, 3.63) is 18.0 Å². The minimum atomic E-state index is -0.159. The number of hydrogen-bond acceptors (Lipinski definition) is 4. The first-order valence-corrected chi connectivity index (χ1v) is 5.02. The molecule has 0 aliphatic carbocycles. The SMILES string of the molecule is Cn1nccc1C(COC(C)(C)C)NN. The van der Waals surface area contributed by atoms with Gasteiger partial charge in [0.15, 0.2) is 0 Å². The Bertz CT molecular complexity index is 303. The third-order valence-corrected chi connectivity index (χ3v) is 2.10. The van der Waals surface area contributed by atoms with Crippen molar-refractivity contribution in [2.24, 2.45) is 12.9 Å². The minimum absolute atomic E-state index is 0.0308. The lowest BCUT2D eigenvalue weighted by molar-refractivity contribution is -0.0157. The number of nitrogens with zero attached hydrogens (tertiary/aromatic N) is 2. The highest BCUT2D eigenvalue weighted by atomic mass is 16.5. The van der Waals surface area contributed by atoms with Crippen LogP contribution in [0.4, 0.5) is 0 Å². The summed E-state index contributed by atoms with van der Waals surface area (Å²) in [7, 11) is 1.89. The van der Waals surface area contributed by atoms with Crippen molar-refractivity contribution < 1.29 is 4.74 Å². The predicted molar refractivity (Wildman–Crippen MR) is 59.0 cm³/mol. The normalized spacial score (nSPS) is 14.2. The van der Waals surface area contributed by atoms with Gasteiger partial charge in [-0.25, -0.2) is 5.43 Å². The number of aromatic nitrogens is 2. The summed E-state index contributed by atoms with van der Waals surface area (Å²) in [4.78, 5) is 0. The molecule has 1 aromatic heterocycles. The van der Waals surface area contributed by atoms with Gasteiger partial charge in [-0.15, -0.1) is 0 Å². The topological polar surface area (TPSA) is 65.1 Å². The van der Waals surface area contributed by atoms with Crippen molar-refractivity contribution in [1.29, 1.82) is 0 Å². The van der Waals surface area contributed by atoms with E-state index in [2.05, 4.69) is 10.5 Å². The Kier molecular flexibility index (Phi) is 3.84. The van der Waals surface area contributed by atoms with Crippen molar-refractivity contribution >= 4 is 0 Å². The van der Waals surface area contributed by atoms with Crippen LogP contribution < -0.4 is 11.3 Å². The van der Waals surface area contributed by atoms with E-state index in [-0.39, 0.29) is 11.6 Å². The van der Waals surface area contributed by atoms with E-state index < -0.39 is 0 Å². The fourth-order valence-corrected chi connectivity index (χ4v) is 1.28. The van der Waals surface area contributed by atoms with E-state index in [0.29, 0.717) is 6.61 Å². The lowest BCUT2D eigenvalue weighted by Gasteiger charge is -2.24. The summed E-state index contributed by atoms with van der Waals surface area (Å²) < 4.78 is 7.47. The van der Waals surface area contributed by atoms with Crippen LogP contribution in [0.5, 0.6) is 0 Å². The fourth-order valence-electron chi connectivity index (χ4n) is 1.28. The summed E-state index contributed by atoms with van der Waals surface area (Å²) in [5, 5.41) is 4.10.